The molecule has 0 radical (unpaired) electrons. The number of piperidine rings is 1. The number of carbonyl (C=O) groups excluding carboxylic acids is 2. The standard InChI is InChI=1S/C20H22ClNO4/c1-25-20(24)16-13-17(19(23)22-9-3-2-4-10-22)18(21)12-14(16)7-8-15-6-5-11-26-15/h5-6,11-13H,2-4,7-10H2,1H3. The van der Waals surface area contributed by atoms with Gasteiger partial charge in [-0.05, 0) is 55.5 Å². The van der Waals surface area contributed by atoms with Crippen molar-refractivity contribution in [3.8, 4) is 0 Å². The first kappa shape index (κ1) is 18.5. The number of hydrogen-bond donors (Lipinski definition) is 0. The lowest BCUT2D eigenvalue weighted by Crippen LogP contribution is -2.35. The molecule has 1 aromatic carbocycles. The molecular weight excluding hydrogens is 354 g/mol. The topological polar surface area (TPSA) is 59.8 Å². The fourth-order valence-corrected chi connectivity index (χ4v) is 3.53. The van der Waals surface area contributed by atoms with Crippen molar-refractivity contribution in [3.05, 3.63) is 58.0 Å². The highest BCUT2D eigenvalue weighted by molar-refractivity contribution is 6.34. The van der Waals surface area contributed by atoms with Crippen LogP contribution >= 0.6 is 11.6 Å². The summed E-state index contributed by atoms with van der Waals surface area (Å²) in [6.45, 7) is 1.45. The van der Waals surface area contributed by atoms with Crippen LogP contribution in [0, 0.1) is 0 Å². The fraction of sp³-hybridized carbons (Fsp3) is 0.400. The summed E-state index contributed by atoms with van der Waals surface area (Å²) in [5.74, 6) is 0.228. The van der Waals surface area contributed by atoms with Gasteiger partial charge in [0.2, 0.25) is 0 Å². The minimum atomic E-state index is -0.469. The largest absolute Gasteiger partial charge is 0.469 e. The Hall–Kier alpha value is -2.27. The molecule has 0 aliphatic carbocycles. The third-order valence-electron chi connectivity index (χ3n) is 4.69. The number of amides is 1. The molecule has 1 aliphatic heterocycles. The number of rotatable bonds is 5. The summed E-state index contributed by atoms with van der Waals surface area (Å²) in [4.78, 5) is 26.9. The lowest BCUT2D eigenvalue weighted by atomic mass is 9.98. The monoisotopic (exact) mass is 375 g/mol. The number of methoxy groups -OCH3 is 1. The Morgan fingerprint density at radius 3 is 2.58 bits per heavy atom. The number of likely N-dealkylation sites (tertiary alicyclic amines) is 1. The van der Waals surface area contributed by atoms with Crippen LogP contribution in [0.15, 0.2) is 34.9 Å². The molecule has 138 valence electrons. The zero-order valence-electron chi connectivity index (χ0n) is 14.8. The number of halogens is 1. The fourth-order valence-electron chi connectivity index (χ4n) is 3.27. The third-order valence-corrected chi connectivity index (χ3v) is 5.01. The van der Waals surface area contributed by atoms with Crippen LogP contribution < -0.4 is 0 Å². The normalized spacial score (nSPS) is 14.3. The number of carbonyl (C=O) groups is 2. The molecule has 0 atom stereocenters. The predicted molar refractivity (Wildman–Crippen MR) is 98.7 cm³/mol. The second-order valence-corrected chi connectivity index (χ2v) is 6.82. The second kappa shape index (κ2) is 8.41. The van der Waals surface area contributed by atoms with Crippen LogP contribution in [0.5, 0.6) is 0 Å². The number of nitrogens with zero attached hydrogens (tertiary/aromatic N) is 1. The van der Waals surface area contributed by atoms with E-state index in [2.05, 4.69) is 0 Å². The van der Waals surface area contributed by atoms with Crippen molar-refractivity contribution in [1.82, 2.24) is 4.90 Å². The summed E-state index contributed by atoms with van der Waals surface area (Å²) >= 11 is 6.40. The van der Waals surface area contributed by atoms with E-state index >= 15 is 0 Å². The summed E-state index contributed by atoms with van der Waals surface area (Å²) in [6, 6.07) is 6.98. The molecule has 1 saturated heterocycles. The zero-order chi connectivity index (χ0) is 18.5. The molecule has 0 unspecified atom stereocenters. The second-order valence-electron chi connectivity index (χ2n) is 6.41. The van der Waals surface area contributed by atoms with E-state index in [4.69, 9.17) is 20.8 Å². The Kier molecular flexibility index (Phi) is 5.99. The van der Waals surface area contributed by atoms with Crippen LogP contribution in [0.4, 0.5) is 0 Å². The van der Waals surface area contributed by atoms with Gasteiger partial charge in [-0.2, -0.15) is 0 Å². The van der Waals surface area contributed by atoms with Gasteiger partial charge < -0.3 is 14.1 Å². The van der Waals surface area contributed by atoms with Gasteiger partial charge in [0.05, 0.1) is 29.5 Å². The zero-order valence-corrected chi connectivity index (χ0v) is 15.6. The molecule has 2 heterocycles. The minimum absolute atomic E-state index is 0.127. The Balaban J connectivity index is 1.89. The molecule has 3 rings (SSSR count). The Bertz CT molecular complexity index is 779. The first-order valence-electron chi connectivity index (χ1n) is 8.82. The predicted octanol–water partition coefficient (Wildman–Crippen LogP) is 4.13. The third kappa shape index (κ3) is 4.10. The highest BCUT2D eigenvalue weighted by Gasteiger charge is 2.24. The van der Waals surface area contributed by atoms with Gasteiger partial charge in [0.1, 0.15) is 5.76 Å². The van der Waals surface area contributed by atoms with E-state index < -0.39 is 5.97 Å². The lowest BCUT2D eigenvalue weighted by Gasteiger charge is -2.27. The maximum Gasteiger partial charge on any atom is 0.338 e. The van der Waals surface area contributed by atoms with Crippen molar-refractivity contribution in [1.29, 1.82) is 0 Å². The van der Waals surface area contributed by atoms with Crippen LogP contribution in [0.1, 0.15) is 51.3 Å². The van der Waals surface area contributed by atoms with Crippen molar-refractivity contribution < 1.29 is 18.7 Å². The molecule has 6 heteroatoms. The molecule has 1 fully saturated rings. The van der Waals surface area contributed by atoms with Gasteiger partial charge >= 0.3 is 5.97 Å². The molecule has 0 spiro atoms. The molecule has 1 aliphatic rings. The minimum Gasteiger partial charge on any atom is -0.469 e. The van der Waals surface area contributed by atoms with Gasteiger partial charge in [-0.3, -0.25) is 4.79 Å². The highest BCUT2D eigenvalue weighted by atomic mass is 35.5. The van der Waals surface area contributed by atoms with E-state index in [9.17, 15) is 9.59 Å². The average molecular weight is 376 g/mol. The smallest absolute Gasteiger partial charge is 0.338 e. The van der Waals surface area contributed by atoms with Gasteiger partial charge in [0.15, 0.2) is 0 Å². The van der Waals surface area contributed by atoms with Crippen molar-refractivity contribution >= 4 is 23.5 Å². The van der Waals surface area contributed by atoms with E-state index in [0.29, 0.717) is 29.0 Å². The first-order chi connectivity index (χ1) is 12.6. The number of furan rings is 1. The van der Waals surface area contributed by atoms with Gasteiger partial charge in [0, 0.05) is 19.5 Å². The van der Waals surface area contributed by atoms with Crippen LogP contribution in [0.2, 0.25) is 5.02 Å². The highest BCUT2D eigenvalue weighted by Crippen LogP contribution is 2.26. The molecular formula is C20H22ClNO4. The van der Waals surface area contributed by atoms with Crippen LogP contribution in [0.25, 0.3) is 0 Å². The Morgan fingerprint density at radius 2 is 1.92 bits per heavy atom. The summed E-state index contributed by atoms with van der Waals surface area (Å²) in [5.41, 5.74) is 1.48. The number of hydrogen-bond acceptors (Lipinski definition) is 4. The molecule has 1 aromatic heterocycles. The number of esters is 1. The molecule has 0 bridgehead atoms. The Labute approximate surface area is 157 Å². The van der Waals surface area contributed by atoms with Crippen LogP contribution in [0.3, 0.4) is 0 Å². The van der Waals surface area contributed by atoms with Crippen LogP contribution in [-0.2, 0) is 17.6 Å². The first-order valence-corrected chi connectivity index (χ1v) is 9.20. The molecule has 5 nitrogen and oxygen atoms in total. The maximum atomic E-state index is 12.8. The van der Waals surface area contributed by atoms with Crippen molar-refractivity contribution in [2.45, 2.75) is 32.1 Å². The summed E-state index contributed by atoms with van der Waals surface area (Å²) in [5, 5.41) is 0.364. The number of benzene rings is 1. The van der Waals surface area contributed by atoms with E-state index in [0.717, 1.165) is 43.7 Å². The molecule has 1 amide bonds. The molecule has 26 heavy (non-hydrogen) atoms. The number of ether oxygens (including phenoxy) is 1. The molecule has 2 aromatic rings. The van der Waals surface area contributed by atoms with Crippen molar-refractivity contribution in [2.24, 2.45) is 0 Å². The molecule has 0 saturated carbocycles. The van der Waals surface area contributed by atoms with Crippen LogP contribution in [-0.4, -0.2) is 37.0 Å². The summed E-state index contributed by atoms with van der Waals surface area (Å²) in [7, 11) is 1.33. The van der Waals surface area contributed by atoms with Gasteiger partial charge in [0.25, 0.3) is 5.91 Å². The van der Waals surface area contributed by atoms with Gasteiger partial charge in [-0.15, -0.1) is 0 Å². The summed E-state index contributed by atoms with van der Waals surface area (Å²) < 4.78 is 10.2. The van der Waals surface area contributed by atoms with E-state index in [-0.39, 0.29) is 5.91 Å². The maximum absolute atomic E-state index is 12.8. The van der Waals surface area contributed by atoms with Crippen molar-refractivity contribution in [3.63, 3.8) is 0 Å². The average Bonchev–Trinajstić information content (AvgIpc) is 3.19. The quantitative estimate of drug-likeness (QED) is 0.737. The summed E-state index contributed by atoms with van der Waals surface area (Å²) in [6.07, 6.45) is 5.94. The van der Waals surface area contributed by atoms with E-state index in [1.807, 2.05) is 12.1 Å². The van der Waals surface area contributed by atoms with Gasteiger partial charge in [-0.1, -0.05) is 11.6 Å². The number of aryl methyl sites for hydroxylation is 2. The molecule has 0 N–H and O–H groups in total. The van der Waals surface area contributed by atoms with Gasteiger partial charge in [-0.25, -0.2) is 4.79 Å². The van der Waals surface area contributed by atoms with E-state index in [1.165, 1.54) is 7.11 Å². The lowest BCUT2D eigenvalue weighted by molar-refractivity contribution is 0.0599. The SMILES string of the molecule is COC(=O)c1cc(C(=O)N2CCCCC2)c(Cl)cc1CCc1ccco1. The Morgan fingerprint density at radius 1 is 1.15 bits per heavy atom. The van der Waals surface area contributed by atoms with Crippen molar-refractivity contribution in [2.75, 3.05) is 20.2 Å². The van der Waals surface area contributed by atoms with E-state index in [1.54, 1.807) is 23.3 Å².